The summed E-state index contributed by atoms with van der Waals surface area (Å²) in [6.07, 6.45) is 5.01. The number of nitrogens with zero attached hydrogens (tertiary/aromatic N) is 5. The molecule has 6 nitrogen and oxygen atoms in total. The van der Waals surface area contributed by atoms with Crippen LogP contribution >= 0.6 is 11.3 Å². The largest absolute Gasteiger partial charge is 0.353 e. The average molecular weight is 341 g/mol. The van der Waals surface area contributed by atoms with Crippen molar-refractivity contribution in [2.75, 3.05) is 31.1 Å². The highest BCUT2D eigenvalue weighted by Gasteiger charge is 2.22. The molecule has 4 rings (SSSR count). The molecule has 0 saturated carbocycles. The molecule has 0 radical (unpaired) electrons. The Morgan fingerprint density at radius 1 is 1.12 bits per heavy atom. The fourth-order valence-corrected chi connectivity index (χ4v) is 3.80. The van der Waals surface area contributed by atoms with Crippen LogP contribution in [0.2, 0.25) is 0 Å². The minimum Gasteiger partial charge on any atom is -0.353 e. The lowest BCUT2D eigenvalue weighted by Crippen LogP contribution is -2.49. The minimum absolute atomic E-state index is 0.252. The molecule has 0 unspecified atom stereocenters. The molecule has 1 amide bonds. The third kappa shape index (κ3) is 2.99. The maximum atomic E-state index is 12.4. The Morgan fingerprint density at radius 2 is 2.00 bits per heavy atom. The van der Waals surface area contributed by atoms with Gasteiger partial charge in [0, 0.05) is 49.7 Å². The van der Waals surface area contributed by atoms with Gasteiger partial charge >= 0.3 is 0 Å². The van der Waals surface area contributed by atoms with Crippen LogP contribution in [0.25, 0.3) is 5.65 Å². The van der Waals surface area contributed by atoms with Gasteiger partial charge in [0.1, 0.15) is 5.82 Å². The van der Waals surface area contributed by atoms with Crippen molar-refractivity contribution in [2.45, 2.75) is 12.8 Å². The van der Waals surface area contributed by atoms with Crippen LogP contribution < -0.4 is 4.90 Å². The highest BCUT2D eigenvalue weighted by Crippen LogP contribution is 2.18. The standard InChI is InChI=1S/C17H19N5OS/c23-17(4-3-14-2-1-13-24-14)21-11-9-20(10-12-21)16-6-7-18-15-5-8-19-22(15)16/h1-2,5-8,13H,3-4,9-12H2. The summed E-state index contributed by atoms with van der Waals surface area (Å²) in [7, 11) is 0. The Bertz CT molecular complexity index is 821. The van der Waals surface area contributed by atoms with Crippen LogP contribution in [0.15, 0.2) is 42.0 Å². The Balaban J connectivity index is 1.36. The number of rotatable bonds is 4. The minimum atomic E-state index is 0.252. The maximum absolute atomic E-state index is 12.4. The molecule has 0 aliphatic carbocycles. The molecule has 0 aromatic carbocycles. The van der Waals surface area contributed by atoms with Gasteiger partial charge in [0.05, 0.1) is 6.20 Å². The zero-order valence-electron chi connectivity index (χ0n) is 13.3. The zero-order valence-corrected chi connectivity index (χ0v) is 14.2. The molecular formula is C17H19N5OS. The van der Waals surface area contributed by atoms with Gasteiger partial charge in [0.15, 0.2) is 5.65 Å². The molecule has 4 heterocycles. The SMILES string of the molecule is O=C(CCc1cccs1)N1CCN(c2ccnc3ccnn23)CC1. The molecule has 0 atom stereocenters. The topological polar surface area (TPSA) is 53.7 Å². The van der Waals surface area contributed by atoms with E-state index in [4.69, 9.17) is 0 Å². The number of thiophene rings is 1. The van der Waals surface area contributed by atoms with Crippen LogP contribution in [0.4, 0.5) is 5.82 Å². The number of aryl methyl sites for hydroxylation is 1. The molecule has 7 heteroatoms. The van der Waals surface area contributed by atoms with Crippen LogP contribution in [0, 0.1) is 0 Å². The van der Waals surface area contributed by atoms with E-state index < -0.39 is 0 Å². The van der Waals surface area contributed by atoms with E-state index in [2.05, 4.69) is 26.4 Å². The van der Waals surface area contributed by atoms with Gasteiger partial charge in [-0.15, -0.1) is 11.3 Å². The summed E-state index contributed by atoms with van der Waals surface area (Å²) in [5.41, 5.74) is 0.849. The van der Waals surface area contributed by atoms with Crippen molar-refractivity contribution in [3.63, 3.8) is 0 Å². The maximum Gasteiger partial charge on any atom is 0.223 e. The normalized spacial score (nSPS) is 15.2. The predicted molar refractivity (Wildman–Crippen MR) is 94.4 cm³/mol. The molecule has 3 aromatic heterocycles. The first kappa shape index (κ1) is 15.1. The quantitative estimate of drug-likeness (QED) is 0.729. The lowest BCUT2D eigenvalue weighted by Gasteiger charge is -2.36. The molecule has 1 aliphatic heterocycles. The fourth-order valence-electron chi connectivity index (χ4n) is 3.09. The first-order valence-corrected chi connectivity index (χ1v) is 9.03. The summed E-state index contributed by atoms with van der Waals surface area (Å²) >= 11 is 1.72. The van der Waals surface area contributed by atoms with E-state index in [9.17, 15) is 4.79 Å². The molecule has 1 saturated heterocycles. The number of carbonyl (C=O) groups is 1. The first-order chi connectivity index (χ1) is 11.8. The summed E-state index contributed by atoms with van der Waals surface area (Å²) in [4.78, 5) is 22.2. The molecule has 0 bridgehead atoms. The van der Waals surface area contributed by atoms with E-state index in [-0.39, 0.29) is 5.91 Å². The smallest absolute Gasteiger partial charge is 0.223 e. The molecule has 3 aromatic rings. The first-order valence-electron chi connectivity index (χ1n) is 8.15. The number of fused-ring (bicyclic) bond motifs is 1. The Labute approximate surface area is 144 Å². The number of anilines is 1. The number of carbonyl (C=O) groups excluding carboxylic acids is 1. The Morgan fingerprint density at radius 3 is 2.79 bits per heavy atom. The molecule has 0 N–H and O–H groups in total. The summed E-state index contributed by atoms with van der Waals surface area (Å²) in [5.74, 6) is 1.29. The van der Waals surface area contributed by atoms with E-state index in [1.54, 1.807) is 17.5 Å². The number of aromatic nitrogens is 3. The van der Waals surface area contributed by atoms with Gasteiger partial charge in [0.2, 0.25) is 5.91 Å². The molecule has 0 spiro atoms. The van der Waals surface area contributed by atoms with Gasteiger partial charge in [-0.05, 0) is 23.9 Å². The lowest BCUT2D eigenvalue weighted by atomic mass is 10.2. The number of amides is 1. The Kier molecular flexibility index (Phi) is 4.17. The summed E-state index contributed by atoms with van der Waals surface area (Å²) in [5, 5.41) is 6.40. The second kappa shape index (κ2) is 6.60. The van der Waals surface area contributed by atoms with Gasteiger partial charge in [-0.1, -0.05) is 6.07 Å². The summed E-state index contributed by atoms with van der Waals surface area (Å²) < 4.78 is 1.86. The third-order valence-electron chi connectivity index (χ3n) is 4.39. The number of hydrogen-bond donors (Lipinski definition) is 0. The predicted octanol–water partition coefficient (Wildman–Crippen LogP) is 2.07. The van der Waals surface area contributed by atoms with Crippen LogP contribution in [0.3, 0.4) is 0 Å². The lowest BCUT2D eigenvalue weighted by molar-refractivity contribution is -0.131. The summed E-state index contributed by atoms with van der Waals surface area (Å²) in [6, 6.07) is 8.00. The van der Waals surface area contributed by atoms with Crippen molar-refractivity contribution < 1.29 is 4.79 Å². The molecule has 1 aliphatic rings. The van der Waals surface area contributed by atoms with Crippen LogP contribution in [0.5, 0.6) is 0 Å². The van der Waals surface area contributed by atoms with Crippen LogP contribution in [0.1, 0.15) is 11.3 Å². The highest BCUT2D eigenvalue weighted by atomic mass is 32.1. The molecule has 124 valence electrons. The van der Waals surface area contributed by atoms with Crippen molar-refractivity contribution in [1.82, 2.24) is 19.5 Å². The fraction of sp³-hybridized carbons (Fsp3) is 0.353. The van der Waals surface area contributed by atoms with Crippen molar-refractivity contribution >= 4 is 28.7 Å². The van der Waals surface area contributed by atoms with Crippen molar-refractivity contribution in [3.05, 3.63) is 46.9 Å². The molecular weight excluding hydrogens is 322 g/mol. The van der Waals surface area contributed by atoms with Crippen LogP contribution in [-0.2, 0) is 11.2 Å². The zero-order chi connectivity index (χ0) is 16.4. The van der Waals surface area contributed by atoms with Gasteiger partial charge in [-0.3, -0.25) is 4.79 Å². The van der Waals surface area contributed by atoms with E-state index in [0.717, 1.165) is 44.1 Å². The third-order valence-corrected chi connectivity index (χ3v) is 5.33. The molecule has 1 fully saturated rings. The van der Waals surface area contributed by atoms with E-state index >= 15 is 0 Å². The number of hydrogen-bond acceptors (Lipinski definition) is 5. The van der Waals surface area contributed by atoms with E-state index in [1.165, 1.54) is 4.88 Å². The van der Waals surface area contributed by atoms with Gasteiger partial charge in [-0.25, -0.2) is 4.98 Å². The Hall–Kier alpha value is -2.41. The van der Waals surface area contributed by atoms with Crippen molar-refractivity contribution in [1.29, 1.82) is 0 Å². The average Bonchev–Trinajstić information content (AvgIpc) is 3.31. The van der Waals surface area contributed by atoms with Gasteiger partial charge < -0.3 is 9.80 Å². The van der Waals surface area contributed by atoms with Crippen LogP contribution in [-0.4, -0.2) is 51.6 Å². The second-order valence-corrected chi connectivity index (χ2v) is 6.88. The number of piperazine rings is 1. The van der Waals surface area contributed by atoms with Gasteiger partial charge in [-0.2, -0.15) is 9.61 Å². The van der Waals surface area contributed by atoms with Crippen molar-refractivity contribution in [3.8, 4) is 0 Å². The highest BCUT2D eigenvalue weighted by molar-refractivity contribution is 7.09. The second-order valence-electron chi connectivity index (χ2n) is 5.85. The van der Waals surface area contributed by atoms with Gasteiger partial charge in [0.25, 0.3) is 0 Å². The monoisotopic (exact) mass is 341 g/mol. The van der Waals surface area contributed by atoms with E-state index in [1.807, 2.05) is 33.8 Å². The van der Waals surface area contributed by atoms with E-state index in [0.29, 0.717) is 6.42 Å². The van der Waals surface area contributed by atoms with Crippen molar-refractivity contribution in [2.24, 2.45) is 0 Å². The molecule has 24 heavy (non-hydrogen) atoms. The summed E-state index contributed by atoms with van der Waals surface area (Å²) in [6.45, 7) is 3.16.